The van der Waals surface area contributed by atoms with Crippen LogP contribution in [0.25, 0.3) is 10.6 Å². The van der Waals surface area contributed by atoms with Crippen LogP contribution in [-0.2, 0) is 11.3 Å². The third-order valence-corrected chi connectivity index (χ3v) is 5.94. The number of nitrogens with zero attached hydrogens (tertiary/aromatic N) is 3. The van der Waals surface area contributed by atoms with Gasteiger partial charge >= 0.3 is 0 Å². The van der Waals surface area contributed by atoms with Crippen molar-refractivity contribution in [2.75, 3.05) is 11.1 Å². The number of anilines is 1. The van der Waals surface area contributed by atoms with Gasteiger partial charge in [-0.3, -0.25) is 19.5 Å². The maximum absolute atomic E-state index is 12.5. The summed E-state index contributed by atoms with van der Waals surface area (Å²) in [4.78, 5) is 30.0. The number of amides is 1. The Morgan fingerprint density at radius 2 is 2.36 bits per heavy atom. The summed E-state index contributed by atoms with van der Waals surface area (Å²) in [6.07, 6.45) is 1.57. The van der Waals surface area contributed by atoms with Crippen LogP contribution in [0.2, 0.25) is 0 Å². The van der Waals surface area contributed by atoms with E-state index in [0.29, 0.717) is 34.6 Å². The standard InChI is InChI=1S/C16H14N4O3S2/c1-9-6-17-16-20(15(9)22)7-10(8-25-16)14(21)18-13-5-11(19-23-13)12-3-2-4-24-12/h2-6,10H,7-8H2,1H3,(H,18,21). The molecule has 1 unspecified atom stereocenters. The Bertz CT molecular complexity index is 978. The van der Waals surface area contributed by atoms with Gasteiger partial charge in [0.25, 0.3) is 5.56 Å². The van der Waals surface area contributed by atoms with E-state index in [4.69, 9.17) is 4.52 Å². The van der Waals surface area contributed by atoms with E-state index in [2.05, 4.69) is 15.5 Å². The molecule has 0 radical (unpaired) electrons. The number of aryl methyl sites for hydroxylation is 1. The summed E-state index contributed by atoms with van der Waals surface area (Å²) in [5.41, 5.74) is 1.15. The third kappa shape index (κ3) is 3.12. The molecule has 7 nitrogen and oxygen atoms in total. The molecule has 0 saturated heterocycles. The van der Waals surface area contributed by atoms with Crippen LogP contribution in [0.3, 0.4) is 0 Å². The van der Waals surface area contributed by atoms with Crippen molar-refractivity contribution in [3.8, 4) is 10.6 Å². The van der Waals surface area contributed by atoms with Crippen LogP contribution in [0.1, 0.15) is 5.56 Å². The molecule has 0 aliphatic carbocycles. The smallest absolute Gasteiger partial charge is 0.257 e. The first-order chi connectivity index (χ1) is 12.1. The molecule has 0 bridgehead atoms. The average molecular weight is 374 g/mol. The van der Waals surface area contributed by atoms with E-state index in [-0.39, 0.29) is 17.4 Å². The summed E-state index contributed by atoms with van der Waals surface area (Å²) >= 11 is 2.96. The zero-order valence-electron chi connectivity index (χ0n) is 13.3. The summed E-state index contributed by atoms with van der Waals surface area (Å²) in [6.45, 7) is 2.03. The number of hydrogen-bond donors (Lipinski definition) is 1. The molecule has 0 saturated carbocycles. The Balaban J connectivity index is 1.49. The van der Waals surface area contributed by atoms with E-state index < -0.39 is 0 Å². The van der Waals surface area contributed by atoms with Gasteiger partial charge in [0, 0.05) is 30.1 Å². The normalized spacial score (nSPS) is 16.4. The Morgan fingerprint density at radius 3 is 3.16 bits per heavy atom. The predicted octanol–water partition coefficient (Wildman–Crippen LogP) is 2.63. The largest absolute Gasteiger partial charge is 0.338 e. The number of rotatable bonds is 3. The van der Waals surface area contributed by atoms with Crippen molar-refractivity contribution >= 4 is 34.9 Å². The van der Waals surface area contributed by atoms with Gasteiger partial charge in [-0.1, -0.05) is 23.0 Å². The van der Waals surface area contributed by atoms with Gasteiger partial charge < -0.3 is 4.52 Å². The molecular weight excluding hydrogens is 360 g/mol. The molecule has 3 aromatic heterocycles. The molecule has 4 rings (SSSR count). The van der Waals surface area contributed by atoms with Crippen LogP contribution in [0, 0.1) is 12.8 Å². The Hall–Kier alpha value is -2.39. The highest BCUT2D eigenvalue weighted by Crippen LogP contribution is 2.28. The lowest BCUT2D eigenvalue weighted by atomic mass is 10.1. The minimum Gasteiger partial charge on any atom is -0.338 e. The summed E-state index contributed by atoms with van der Waals surface area (Å²) in [7, 11) is 0. The second-order valence-corrected chi connectivity index (χ2v) is 7.63. The molecule has 4 heterocycles. The molecule has 3 aromatic rings. The molecule has 25 heavy (non-hydrogen) atoms. The molecule has 9 heteroatoms. The summed E-state index contributed by atoms with van der Waals surface area (Å²) in [6, 6.07) is 5.56. The third-order valence-electron chi connectivity index (χ3n) is 3.90. The van der Waals surface area contributed by atoms with E-state index in [1.54, 1.807) is 35.1 Å². The van der Waals surface area contributed by atoms with E-state index >= 15 is 0 Å². The minimum absolute atomic E-state index is 0.102. The van der Waals surface area contributed by atoms with Crippen LogP contribution in [0.5, 0.6) is 0 Å². The van der Waals surface area contributed by atoms with Crippen LogP contribution < -0.4 is 10.9 Å². The molecule has 0 aromatic carbocycles. The highest BCUT2D eigenvalue weighted by Gasteiger charge is 2.27. The lowest BCUT2D eigenvalue weighted by molar-refractivity contribution is -0.119. The van der Waals surface area contributed by atoms with Crippen LogP contribution in [-0.4, -0.2) is 26.4 Å². The fourth-order valence-corrected chi connectivity index (χ4v) is 4.28. The molecule has 1 aliphatic rings. The highest BCUT2D eigenvalue weighted by molar-refractivity contribution is 7.99. The van der Waals surface area contributed by atoms with Crippen molar-refractivity contribution in [1.29, 1.82) is 0 Å². The molecular formula is C16H14N4O3S2. The quantitative estimate of drug-likeness (QED) is 0.709. The number of thiophene rings is 1. The van der Waals surface area contributed by atoms with Crippen molar-refractivity contribution in [3.05, 3.63) is 45.7 Å². The van der Waals surface area contributed by atoms with Crippen molar-refractivity contribution in [2.45, 2.75) is 18.6 Å². The zero-order chi connectivity index (χ0) is 17.4. The van der Waals surface area contributed by atoms with E-state index in [1.807, 2.05) is 17.5 Å². The number of fused-ring (bicyclic) bond motifs is 1. The maximum Gasteiger partial charge on any atom is 0.257 e. The molecule has 128 valence electrons. The highest BCUT2D eigenvalue weighted by atomic mass is 32.2. The number of aromatic nitrogens is 3. The Kier molecular flexibility index (Phi) is 4.18. The van der Waals surface area contributed by atoms with Crippen molar-refractivity contribution in [3.63, 3.8) is 0 Å². The average Bonchev–Trinajstić information content (AvgIpc) is 3.29. The SMILES string of the molecule is Cc1cnc2n(c1=O)CC(C(=O)Nc1cc(-c3cccs3)no1)CS2. The van der Waals surface area contributed by atoms with Crippen LogP contribution in [0.4, 0.5) is 5.88 Å². The first-order valence-corrected chi connectivity index (χ1v) is 9.49. The monoisotopic (exact) mass is 374 g/mol. The van der Waals surface area contributed by atoms with Gasteiger partial charge in [-0.05, 0) is 18.4 Å². The lowest BCUT2D eigenvalue weighted by Gasteiger charge is -2.23. The molecule has 1 amide bonds. The number of hydrogen-bond acceptors (Lipinski definition) is 7. The van der Waals surface area contributed by atoms with Gasteiger partial charge in [-0.25, -0.2) is 4.98 Å². The number of thioether (sulfide) groups is 1. The summed E-state index contributed by atoms with van der Waals surface area (Å²) in [5.74, 6) is 0.334. The Morgan fingerprint density at radius 1 is 1.48 bits per heavy atom. The first kappa shape index (κ1) is 16.1. The summed E-state index contributed by atoms with van der Waals surface area (Å²) in [5, 5.41) is 9.32. The minimum atomic E-state index is -0.339. The molecule has 0 fully saturated rings. The number of carbonyl (C=O) groups excluding carboxylic acids is 1. The van der Waals surface area contributed by atoms with Crippen molar-refractivity contribution in [1.82, 2.24) is 14.7 Å². The van der Waals surface area contributed by atoms with E-state index in [0.717, 1.165) is 4.88 Å². The Labute approximate surface area is 151 Å². The van der Waals surface area contributed by atoms with Crippen LogP contribution >= 0.6 is 23.1 Å². The van der Waals surface area contributed by atoms with Gasteiger partial charge in [0.1, 0.15) is 5.69 Å². The fourth-order valence-electron chi connectivity index (χ4n) is 2.56. The topological polar surface area (TPSA) is 90.0 Å². The van der Waals surface area contributed by atoms with Crippen LogP contribution in [0.15, 0.2) is 44.3 Å². The molecule has 1 N–H and O–H groups in total. The lowest BCUT2D eigenvalue weighted by Crippen LogP contribution is -2.37. The molecule has 0 spiro atoms. The van der Waals surface area contributed by atoms with Gasteiger partial charge in [-0.15, -0.1) is 11.3 Å². The number of carbonyl (C=O) groups is 1. The fraction of sp³-hybridized carbons (Fsp3) is 0.250. The first-order valence-electron chi connectivity index (χ1n) is 7.62. The van der Waals surface area contributed by atoms with Gasteiger partial charge in [0.15, 0.2) is 5.16 Å². The van der Waals surface area contributed by atoms with E-state index in [1.165, 1.54) is 11.8 Å². The second kappa shape index (κ2) is 6.49. The maximum atomic E-state index is 12.5. The van der Waals surface area contributed by atoms with Crippen molar-refractivity contribution < 1.29 is 9.32 Å². The van der Waals surface area contributed by atoms with E-state index in [9.17, 15) is 9.59 Å². The molecule has 1 atom stereocenters. The summed E-state index contributed by atoms with van der Waals surface area (Å²) < 4.78 is 6.76. The molecule has 1 aliphatic heterocycles. The van der Waals surface area contributed by atoms with Gasteiger partial charge in [0.2, 0.25) is 11.8 Å². The zero-order valence-corrected chi connectivity index (χ0v) is 14.9. The second-order valence-electron chi connectivity index (χ2n) is 5.69. The van der Waals surface area contributed by atoms with Gasteiger partial charge in [0.05, 0.1) is 10.8 Å². The van der Waals surface area contributed by atoms with Gasteiger partial charge in [-0.2, -0.15) is 0 Å². The predicted molar refractivity (Wildman–Crippen MR) is 95.9 cm³/mol. The van der Waals surface area contributed by atoms with Crippen molar-refractivity contribution in [2.24, 2.45) is 5.92 Å². The number of nitrogens with one attached hydrogen (secondary N) is 1.